The second-order valence-electron chi connectivity index (χ2n) is 11.7. The van der Waals surface area contributed by atoms with Crippen LogP contribution in [-0.4, -0.2) is 68.2 Å². The number of carbonyl (C=O) groups is 3. The van der Waals surface area contributed by atoms with Gasteiger partial charge >= 0.3 is 0 Å². The van der Waals surface area contributed by atoms with Crippen LogP contribution in [0, 0.1) is 0 Å². The smallest absolute Gasteiger partial charge is 0.243 e. The van der Waals surface area contributed by atoms with Crippen molar-refractivity contribution >= 4 is 28.5 Å². The molecule has 6 rings (SSSR count). The first-order valence-corrected chi connectivity index (χ1v) is 15.2. The number of ether oxygens (including phenoxy) is 1. The molecule has 3 heterocycles. The van der Waals surface area contributed by atoms with Crippen molar-refractivity contribution in [1.29, 1.82) is 0 Å². The van der Waals surface area contributed by atoms with E-state index in [-0.39, 0.29) is 49.3 Å². The minimum atomic E-state index is -1.29. The molecule has 1 aliphatic heterocycles. The van der Waals surface area contributed by atoms with Crippen LogP contribution < -0.4 is 5.32 Å². The van der Waals surface area contributed by atoms with E-state index in [2.05, 4.69) is 15.5 Å². The van der Waals surface area contributed by atoms with Gasteiger partial charge in [0.1, 0.15) is 18.8 Å². The second-order valence-corrected chi connectivity index (χ2v) is 11.7. The fraction of sp³-hybridized carbons (Fsp3) is 0.382. The Kier molecular flexibility index (Phi) is 8.79. The third-order valence-corrected chi connectivity index (χ3v) is 8.69. The lowest BCUT2D eigenvalue weighted by atomic mass is 9.92. The number of fused-ring (bicyclic) bond motifs is 1. The summed E-state index contributed by atoms with van der Waals surface area (Å²) in [6, 6.07) is 16.3. The Labute approximate surface area is 255 Å². The molecule has 4 atom stereocenters. The minimum Gasteiger partial charge on any atom is -0.371 e. The van der Waals surface area contributed by atoms with Crippen molar-refractivity contribution in [1.82, 2.24) is 25.0 Å². The Bertz CT molecular complexity index is 1640. The van der Waals surface area contributed by atoms with Crippen LogP contribution in [0.15, 0.2) is 73.2 Å². The number of nitrogens with zero attached hydrogens (tertiary/aromatic N) is 4. The lowest BCUT2D eigenvalue weighted by Gasteiger charge is -2.34. The molecule has 2 amide bonds. The molecule has 1 N–H and O–H groups in total. The van der Waals surface area contributed by atoms with Crippen LogP contribution in [0.25, 0.3) is 22.0 Å². The highest BCUT2D eigenvalue weighted by atomic mass is 19.1. The van der Waals surface area contributed by atoms with E-state index in [9.17, 15) is 18.8 Å². The summed E-state index contributed by atoms with van der Waals surface area (Å²) in [5.74, 6) is -0.860. The van der Waals surface area contributed by atoms with Crippen LogP contribution in [0.1, 0.15) is 54.9 Å². The largest absolute Gasteiger partial charge is 0.371 e. The number of ketones is 1. The number of benzene rings is 2. The molecule has 44 heavy (non-hydrogen) atoms. The van der Waals surface area contributed by atoms with Gasteiger partial charge in [-0.3, -0.25) is 14.4 Å². The summed E-state index contributed by atoms with van der Waals surface area (Å²) in [4.78, 5) is 41.1. The first-order valence-electron chi connectivity index (χ1n) is 15.2. The van der Waals surface area contributed by atoms with E-state index in [1.165, 1.54) is 11.8 Å². The van der Waals surface area contributed by atoms with Crippen molar-refractivity contribution in [3.05, 3.63) is 84.3 Å². The van der Waals surface area contributed by atoms with E-state index in [4.69, 9.17) is 4.74 Å². The number of hydrogen-bond donors (Lipinski definition) is 1. The molecule has 9 nitrogen and oxygen atoms in total. The summed E-state index contributed by atoms with van der Waals surface area (Å²) in [5, 5.41) is 11.6. The van der Waals surface area contributed by atoms with E-state index in [1.54, 1.807) is 23.2 Å². The Morgan fingerprint density at radius 2 is 1.84 bits per heavy atom. The van der Waals surface area contributed by atoms with Gasteiger partial charge in [0.2, 0.25) is 11.8 Å². The summed E-state index contributed by atoms with van der Waals surface area (Å²) < 4.78 is 22.7. The molecule has 2 fully saturated rings. The number of nitrogens with one attached hydrogen (secondary N) is 1. The first kappa shape index (κ1) is 29.6. The van der Waals surface area contributed by atoms with E-state index < -0.39 is 12.2 Å². The molecule has 10 heteroatoms. The maximum Gasteiger partial charge on any atom is 0.243 e. The van der Waals surface area contributed by atoms with Gasteiger partial charge < -0.3 is 19.5 Å². The summed E-state index contributed by atoms with van der Waals surface area (Å²) in [6.07, 6.45) is 6.99. The molecular formula is C34H36FN5O4. The van der Waals surface area contributed by atoms with E-state index in [1.807, 2.05) is 54.6 Å². The van der Waals surface area contributed by atoms with E-state index >= 15 is 0 Å². The van der Waals surface area contributed by atoms with Crippen molar-refractivity contribution in [2.45, 2.75) is 76.5 Å². The zero-order valence-electron chi connectivity index (χ0n) is 24.7. The molecule has 0 spiro atoms. The third kappa shape index (κ3) is 6.40. The van der Waals surface area contributed by atoms with Gasteiger partial charge in [0.25, 0.3) is 0 Å². The number of amides is 2. The standard InChI is InChI=1S/C34H36FN5O4/c1-22(41)28-19-39(30-12-11-24(15-27(28)30)25-13-14-36-37-17-25)20-33(42)40-18-26(35)16-31(40)34(43)38-29-9-5-6-10-32(29)44-21-23-7-3-2-4-8-23/h2-4,7-8,11-15,17,19,26,29,31-32H,5-6,9-10,16,18,20-21H2,1H3,(H,38,43)/t26-,29+,31+,32+/m1/s1. The Morgan fingerprint density at radius 1 is 1.02 bits per heavy atom. The monoisotopic (exact) mass is 597 g/mol. The van der Waals surface area contributed by atoms with Gasteiger partial charge in [-0.1, -0.05) is 49.2 Å². The molecule has 2 aromatic carbocycles. The fourth-order valence-corrected chi connectivity index (χ4v) is 6.41. The highest BCUT2D eigenvalue weighted by Gasteiger charge is 2.41. The van der Waals surface area contributed by atoms with Gasteiger partial charge in [0, 0.05) is 34.6 Å². The maximum absolute atomic E-state index is 14.8. The number of alkyl halides is 1. The van der Waals surface area contributed by atoms with Gasteiger partial charge in [0.05, 0.1) is 37.7 Å². The Hall–Kier alpha value is -4.44. The molecule has 1 saturated heterocycles. The molecule has 1 saturated carbocycles. The van der Waals surface area contributed by atoms with Crippen molar-refractivity contribution in [2.75, 3.05) is 6.54 Å². The molecule has 2 aromatic heterocycles. The lowest BCUT2D eigenvalue weighted by Crippen LogP contribution is -2.53. The van der Waals surface area contributed by atoms with Crippen LogP contribution in [0.3, 0.4) is 0 Å². The first-order chi connectivity index (χ1) is 21.4. The quantitative estimate of drug-likeness (QED) is 0.276. The SMILES string of the molecule is CC(=O)c1cn(CC(=O)N2C[C@H](F)C[C@H]2C(=O)N[C@H]2CCCC[C@@H]2OCc2ccccc2)c2ccc(-c3ccnnc3)cc12. The molecule has 0 bridgehead atoms. The van der Waals surface area contributed by atoms with Gasteiger partial charge in [-0.15, -0.1) is 0 Å². The Balaban J connectivity index is 1.17. The maximum atomic E-state index is 14.8. The third-order valence-electron chi connectivity index (χ3n) is 8.69. The predicted octanol–water partition coefficient (Wildman–Crippen LogP) is 4.88. The van der Waals surface area contributed by atoms with Crippen LogP contribution in [0.4, 0.5) is 4.39 Å². The van der Waals surface area contributed by atoms with Crippen molar-refractivity contribution in [3.63, 3.8) is 0 Å². The molecule has 2 aliphatic rings. The molecule has 0 unspecified atom stereocenters. The zero-order valence-corrected chi connectivity index (χ0v) is 24.7. The van der Waals surface area contributed by atoms with Gasteiger partial charge in [-0.25, -0.2) is 4.39 Å². The highest BCUT2D eigenvalue weighted by Crippen LogP contribution is 2.30. The molecular weight excluding hydrogens is 561 g/mol. The number of aromatic nitrogens is 3. The van der Waals surface area contributed by atoms with Gasteiger partial charge in [0.15, 0.2) is 5.78 Å². The summed E-state index contributed by atoms with van der Waals surface area (Å²) in [5.41, 5.74) is 3.96. The van der Waals surface area contributed by atoms with Crippen LogP contribution in [-0.2, 0) is 27.5 Å². The number of Topliss-reactive ketones (excluding diaryl/α,β-unsaturated/α-hetero) is 1. The molecule has 228 valence electrons. The summed E-state index contributed by atoms with van der Waals surface area (Å²) >= 11 is 0. The normalized spacial score (nSPS) is 21.8. The Morgan fingerprint density at radius 3 is 2.61 bits per heavy atom. The number of halogens is 1. The van der Waals surface area contributed by atoms with E-state index in [0.717, 1.165) is 42.4 Å². The van der Waals surface area contributed by atoms with Crippen LogP contribution in [0.5, 0.6) is 0 Å². The summed E-state index contributed by atoms with van der Waals surface area (Å²) in [6.45, 7) is 1.67. The molecule has 1 aliphatic carbocycles. The number of rotatable bonds is 9. The second kappa shape index (κ2) is 13.1. The highest BCUT2D eigenvalue weighted by molar-refractivity contribution is 6.08. The lowest BCUT2D eigenvalue weighted by molar-refractivity contribution is -0.139. The number of hydrogen-bond acceptors (Lipinski definition) is 6. The fourth-order valence-electron chi connectivity index (χ4n) is 6.41. The predicted molar refractivity (Wildman–Crippen MR) is 163 cm³/mol. The number of carbonyl (C=O) groups excluding carboxylic acids is 3. The zero-order chi connectivity index (χ0) is 30.6. The van der Waals surface area contributed by atoms with Crippen molar-refractivity contribution in [3.8, 4) is 11.1 Å². The van der Waals surface area contributed by atoms with Gasteiger partial charge in [-0.2, -0.15) is 10.2 Å². The summed E-state index contributed by atoms with van der Waals surface area (Å²) in [7, 11) is 0. The number of likely N-dealkylation sites (tertiary alicyclic amines) is 1. The van der Waals surface area contributed by atoms with Crippen molar-refractivity contribution < 1.29 is 23.5 Å². The van der Waals surface area contributed by atoms with Crippen molar-refractivity contribution in [2.24, 2.45) is 0 Å². The average Bonchev–Trinajstić information content (AvgIpc) is 3.62. The molecule has 0 radical (unpaired) electrons. The van der Waals surface area contributed by atoms with Gasteiger partial charge in [-0.05, 0) is 49.1 Å². The average molecular weight is 598 g/mol. The topological polar surface area (TPSA) is 106 Å². The molecule has 4 aromatic rings. The minimum absolute atomic E-state index is 0.0473. The van der Waals surface area contributed by atoms with Crippen LogP contribution >= 0.6 is 0 Å². The van der Waals surface area contributed by atoms with E-state index in [0.29, 0.717) is 23.1 Å². The van der Waals surface area contributed by atoms with Crippen LogP contribution in [0.2, 0.25) is 0 Å².